The van der Waals surface area contributed by atoms with E-state index in [-0.39, 0.29) is 24.2 Å². The van der Waals surface area contributed by atoms with E-state index in [9.17, 15) is 4.79 Å². The summed E-state index contributed by atoms with van der Waals surface area (Å²) in [5.41, 5.74) is 2.67. The quantitative estimate of drug-likeness (QED) is 0.810. The molecule has 0 aliphatic rings. The summed E-state index contributed by atoms with van der Waals surface area (Å²) in [6.07, 6.45) is 0.167. The van der Waals surface area contributed by atoms with Gasteiger partial charge in [0.1, 0.15) is 0 Å². The Hall–Kier alpha value is -1.06. The zero-order valence-electron chi connectivity index (χ0n) is 11.2. The zero-order chi connectivity index (χ0) is 12.9. The molecule has 18 heavy (non-hydrogen) atoms. The van der Waals surface area contributed by atoms with Gasteiger partial charge in [0.05, 0.1) is 6.42 Å². The molecule has 0 bridgehead atoms. The standard InChI is InChI=1S/C14H21NO2.ClH/c1-14(2,3)12-6-4-11(5-7-12)10-15-9-8-13(16)17;/h4-7,15H,8-10H2,1-3H3,(H,16,17);1H. The van der Waals surface area contributed by atoms with Crippen molar-refractivity contribution >= 4 is 18.4 Å². The number of aliphatic carboxylic acids is 1. The molecule has 0 heterocycles. The molecule has 0 radical (unpaired) electrons. The van der Waals surface area contributed by atoms with Gasteiger partial charge in [-0.3, -0.25) is 4.79 Å². The Kier molecular flexibility index (Phi) is 6.96. The molecule has 3 nitrogen and oxygen atoms in total. The topological polar surface area (TPSA) is 49.3 Å². The molecule has 102 valence electrons. The number of carboxylic acids is 1. The average Bonchev–Trinajstić information content (AvgIpc) is 2.23. The molecule has 0 unspecified atom stereocenters. The molecule has 0 saturated carbocycles. The Morgan fingerprint density at radius 3 is 2.22 bits per heavy atom. The summed E-state index contributed by atoms with van der Waals surface area (Å²) < 4.78 is 0. The number of rotatable bonds is 5. The molecule has 0 atom stereocenters. The van der Waals surface area contributed by atoms with Crippen LogP contribution in [-0.4, -0.2) is 17.6 Å². The molecule has 0 aliphatic heterocycles. The van der Waals surface area contributed by atoms with Crippen molar-refractivity contribution in [3.05, 3.63) is 35.4 Å². The first-order chi connectivity index (χ1) is 7.89. The number of hydrogen-bond acceptors (Lipinski definition) is 2. The fourth-order valence-electron chi connectivity index (χ4n) is 1.55. The van der Waals surface area contributed by atoms with Crippen molar-refractivity contribution in [2.24, 2.45) is 0 Å². The second-order valence-electron chi connectivity index (χ2n) is 5.27. The van der Waals surface area contributed by atoms with E-state index in [0.29, 0.717) is 6.54 Å². The number of carboxylic acid groups (broad SMARTS) is 1. The van der Waals surface area contributed by atoms with Crippen LogP contribution in [0.2, 0.25) is 0 Å². The third kappa shape index (κ3) is 6.03. The van der Waals surface area contributed by atoms with Gasteiger partial charge >= 0.3 is 5.97 Å². The summed E-state index contributed by atoms with van der Waals surface area (Å²) >= 11 is 0. The van der Waals surface area contributed by atoms with E-state index in [4.69, 9.17) is 5.11 Å². The van der Waals surface area contributed by atoms with E-state index in [1.165, 1.54) is 11.1 Å². The number of carbonyl (C=O) groups is 1. The lowest BCUT2D eigenvalue weighted by Gasteiger charge is -2.19. The lowest BCUT2D eigenvalue weighted by atomic mass is 9.87. The van der Waals surface area contributed by atoms with Crippen molar-refractivity contribution in [2.45, 2.75) is 39.2 Å². The van der Waals surface area contributed by atoms with Gasteiger partial charge in [-0.2, -0.15) is 0 Å². The van der Waals surface area contributed by atoms with Crippen LogP contribution < -0.4 is 5.32 Å². The first kappa shape index (κ1) is 16.9. The highest BCUT2D eigenvalue weighted by molar-refractivity contribution is 5.85. The van der Waals surface area contributed by atoms with E-state index in [0.717, 1.165) is 6.54 Å². The molecule has 1 aromatic rings. The van der Waals surface area contributed by atoms with Crippen LogP contribution in [0.5, 0.6) is 0 Å². The summed E-state index contributed by atoms with van der Waals surface area (Å²) in [5, 5.41) is 11.6. The predicted molar refractivity (Wildman–Crippen MR) is 76.3 cm³/mol. The zero-order valence-corrected chi connectivity index (χ0v) is 12.0. The van der Waals surface area contributed by atoms with Gasteiger partial charge < -0.3 is 10.4 Å². The molecule has 0 aromatic heterocycles. The van der Waals surface area contributed by atoms with E-state index >= 15 is 0 Å². The Balaban J connectivity index is 0.00000289. The smallest absolute Gasteiger partial charge is 0.304 e. The second-order valence-corrected chi connectivity index (χ2v) is 5.27. The normalized spacial score (nSPS) is 10.8. The van der Waals surface area contributed by atoms with Crippen LogP contribution in [0.1, 0.15) is 38.3 Å². The van der Waals surface area contributed by atoms with Gasteiger partial charge in [0.25, 0.3) is 0 Å². The second kappa shape index (κ2) is 7.39. The number of nitrogens with one attached hydrogen (secondary N) is 1. The summed E-state index contributed by atoms with van der Waals surface area (Å²) in [7, 11) is 0. The minimum atomic E-state index is -0.763. The molecular formula is C14H22ClNO2. The fourth-order valence-corrected chi connectivity index (χ4v) is 1.55. The molecule has 2 N–H and O–H groups in total. The fraction of sp³-hybridized carbons (Fsp3) is 0.500. The van der Waals surface area contributed by atoms with Crippen molar-refractivity contribution in [1.29, 1.82) is 0 Å². The van der Waals surface area contributed by atoms with Crippen molar-refractivity contribution in [3.63, 3.8) is 0 Å². The minimum Gasteiger partial charge on any atom is -0.481 e. The molecule has 0 fully saturated rings. The molecule has 0 saturated heterocycles. The lowest BCUT2D eigenvalue weighted by Crippen LogP contribution is -2.18. The predicted octanol–water partition coefficient (Wildman–Crippen LogP) is 2.97. The minimum absolute atomic E-state index is 0. The van der Waals surface area contributed by atoms with Gasteiger partial charge in [0, 0.05) is 13.1 Å². The summed E-state index contributed by atoms with van der Waals surface area (Å²) in [6, 6.07) is 8.45. The van der Waals surface area contributed by atoms with E-state index in [1.807, 2.05) is 0 Å². The molecule has 0 spiro atoms. The summed E-state index contributed by atoms with van der Waals surface area (Å²) in [6.45, 7) is 7.79. The average molecular weight is 272 g/mol. The Labute approximate surface area is 115 Å². The third-order valence-electron chi connectivity index (χ3n) is 2.66. The van der Waals surface area contributed by atoms with Crippen molar-refractivity contribution < 1.29 is 9.90 Å². The number of benzene rings is 1. The van der Waals surface area contributed by atoms with E-state index in [1.54, 1.807) is 0 Å². The van der Waals surface area contributed by atoms with Crippen LogP contribution in [0.25, 0.3) is 0 Å². The lowest BCUT2D eigenvalue weighted by molar-refractivity contribution is -0.136. The van der Waals surface area contributed by atoms with Crippen LogP contribution in [0.4, 0.5) is 0 Å². The van der Waals surface area contributed by atoms with Crippen LogP contribution in [0.3, 0.4) is 0 Å². The highest BCUT2D eigenvalue weighted by Crippen LogP contribution is 2.21. The Bertz CT molecular complexity index is 368. The number of halogens is 1. The monoisotopic (exact) mass is 271 g/mol. The van der Waals surface area contributed by atoms with Gasteiger partial charge in [-0.25, -0.2) is 0 Å². The maximum absolute atomic E-state index is 10.3. The SMILES string of the molecule is CC(C)(C)c1ccc(CNCCC(=O)O)cc1.Cl. The van der Waals surface area contributed by atoms with E-state index in [2.05, 4.69) is 50.4 Å². The van der Waals surface area contributed by atoms with Crippen molar-refractivity contribution in [2.75, 3.05) is 6.54 Å². The maximum Gasteiger partial charge on any atom is 0.304 e. The third-order valence-corrected chi connectivity index (χ3v) is 2.66. The summed E-state index contributed by atoms with van der Waals surface area (Å²) in [4.78, 5) is 10.3. The van der Waals surface area contributed by atoms with Crippen LogP contribution in [-0.2, 0) is 16.8 Å². The van der Waals surface area contributed by atoms with Crippen molar-refractivity contribution in [1.82, 2.24) is 5.32 Å². The van der Waals surface area contributed by atoms with Gasteiger partial charge in [0.15, 0.2) is 0 Å². The molecule has 0 aliphatic carbocycles. The molecule has 0 amide bonds. The largest absolute Gasteiger partial charge is 0.481 e. The van der Waals surface area contributed by atoms with Crippen molar-refractivity contribution in [3.8, 4) is 0 Å². The molecule has 1 aromatic carbocycles. The first-order valence-corrected chi connectivity index (χ1v) is 5.91. The maximum atomic E-state index is 10.3. The Morgan fingerprint density at radius 2 is 1.78 bits per heavy atom. The van der Waals surface area contributed by atoms with Gasteiger partial charge in [0.2, 0.25) is 0 Å². The highest BCUT2D eigenvalue weighted by atomic mass is 35.5. The van der Waals surface area contributed by atoms with Gasteiger partial charge in [-0.15, -0.1) is 12.4 Å². The summed E-state index contributed by atoms with van der Waals surface area (Å²) in [5.74, 6) is -0.763. The number of hydrogen-bond donors (Lipinski definition) is 2. The van der Waals surface area contributed by atoms with E-state index < -0.39 is 5.97 Å². The molecule has 1 rings (SSSR count). The Morgan fingerprint density at radius 1 is 1.22 bits per heavy atom. The van der Waals surface area contributed by atoms with Gasteiger partial charge in [-0.05, 0) is 16.5 Å². The van der Waals surface area contributed by atoms with Crippen LogP contribution in [0.15, 0.2) is 24.3 Å². The molecular weight excluding hydrogens is 250 g/mol. The highest BCUT2D eigenvalue weighted by Gasteiger charge is 2.12. The van der Waals surface area contributed by atoms with Crippen LogP contribution >= 0.6 is 12.4 Å². The van der Waals surface area contributed by atoms with Gasteiger partial charge in [-0.1, -0.05) is 45.0 Å². The van der Waals surface area contributed by atoms with Crippen LogP contribution in [0, 0.1) is 0 Å². The first-order valence-electron chi connectivity index (χ1n) is 5.91. The molecule has 4 heteroatoms.